The van der Waals surface area contributed by atoms with Crippen molar-refractivity contribution in [1.82, 2.24) is 4.31 Å². The zero-order valence-electron chi connectivity index (χ0n) is 11.1. The number of sulfonamides is 1. The third-order valence-corrected chi connectivity index (χ3v) is 4.93. The van der Waals surface area contributed by atoms with Gasteiger partial charge in [-0.15, -0.1) is 0 Å². The van der Waals surface area contributed by atoms with Gasteiger partial charge in [0.15, 0.2) is 0 Å². The van der Waals surface area contributed by atoms with Gasteiger partial charge in [0.05, 0.1) is 11.3 Å². The van der Waals surface area contributed by atoms with Crippen LogP contribution in [-0.2, 0) is 10.0 Å². The van der Waals surface area contributed by atoms with Gasteiger partial charge in [0.25, 0.3) is 0 Å². The van der Waals surface area contributed by atoms with Crippen LogP contribution < -0.4 is 10.6 Å². The zero-order chi connectivity index (χ0) is 14.9. The van der Waals surface area contributed by atoms with Crippen molar-refractivity contribution >= 4 is 33.1 Å². The number of nitrogens with one attached hydrogen (secondary N) is 1. The maximum Gasteiger partial charge on any atom is 0.211 e. The van der Waals surface area contributed by atoms with E-state index in [1.54, 1.807) is 12.1 Å². The van der Waals surface area contributed by atoms with E-state index in [-0.39, 0.29) is 5.84 Å². The molecule has 0 spiro atoms. The zero-order valence-corrected chi connectivity index (χ0v) is 12.7. The van der Waals surface area contributed by atoms with E-state index < -0.39 is 10.0 Å². The van der Waals surface area contributed by atoms with Gasteiger partial charge in [-0.05, 0) is 18.2 Å². The summed E-state index contributed by atoms with van der Waals surface area (Å²) in [6, 6.07) is 5.32. The monoisotopic (exact) mass is 316 g/mol. The molecule has 1 aliphatic rings. The molecule has 2 rings (SSSR count). The van der Waals surface area contributed by atoms with Crippen LogP contribution in [0.25, 0.3) is 0 Å². The number of piperazine rings is 1. The Morgan fingerprint density at radius 1 is 1.30 bits per heavy atom. The standard InChI is InChI=1S/C12H17ClN4O2S/c1-20(18,19)17-6-4-16(5-7-17)9-2-3-10(12(14)15)11(13)8-9/h2-3,8H,4-7H2,1H3,(H3,14,15). The number of halogens is 1. The summed E-state index contributed by atoms with van der Waals surface area (Å²) in [5.41, 5.74) is 6.84. The van der Waals surface area contributed by atoms with Crippen LogP contribution in [0, 0.1) is 5.41 Å². The number of hydrogen-bond acceptors (Lipinski definition) is 4. The predicted octanol–water partition coefficient (Wildman–Crippen LogP) is 0.706. The Balaban J connectivity index is 2.11. The summed E-state index contributed by atoms with van der Waals surface area (Å²) in [5, 5.41) is 7.82. The van der Waals surface area contributed by atoms with Gasteiger partial charge < -0.3 is 10.6 Å². The molecular formula is C12H17ClN4O2S. The fraction of sp³-hybridized carbons (Fsp3) is 0.417. The average molecular weight is 317 g/mol. The molecule has 1 aliphatic heterocycles. The minimum Gasteiger partial charge on any atom is -0.384 e. The van der Waals surface area contributed by atoms with Crippen molar-refractivity contribution in [2.75, 3.05) is 37.3 Å². The largest absolute Gasteiger partial charge is 0.384 e. The molecule has 0 unspecified atom stereocenters. The minimum atomic E-state index is -3.12. The lowest BCUT2D eigenvalue weighted by molar-refractivity contribution is 0.388. The Morgan fingerprint density at radius 2 is 1.90 bits per heavy atom. The van der Waals surface area contributed by atoms with Crippen LogP contribution in [0.15, 0.2) is 18.2 Å². The molecule has 0 atom stereocenters. The topological polar surface area (TPSA) is 90.5 Å². The maximum absolute atomic E-state index is 11.5. The first kappa shape index (κ1) is 15.1. The summed E-state index contributed by atoms with van der Waals surface area (Å²) in [6.07, 6.45) is 1.22. The number of nitrogens with zero attached hydrogens (tertiary/aromatic N) is 2. The lowest BCUT2D eigenvalue weighted by atomic mass is 10.1. The highest BCUT2D eigenvalue weighted by atomic mass is 35.5. The Kier molecular flexibility index (Phi) is 4.22. The van der Waals surface area contributed by atoms with E-state index in [0.717, 1.165) is 5.69 Å². The third-order valence-electron chi connectivity index (χ3n) is 3.32. The number of nitrogen functional groups attached to an aromatic ring is 1. The van der Waals surface area contributed by atoms with Gasteiger partial charge in [-0.3, -0.25) is 5.41 Å². The van der Waals surface area contributed by atoms with Crippen molar-refractivity contribution in [2.24, 2.45) is 5.73 Å². The first-order valence-electron chi connectivity index (χ1n) is 6.13. The molecule has 0 radical (unpaired) electrons. The fourth-order valence-electron chi connectivity index (χ4n) is 2.20. The van der Waals surface area contributed by atoms with E-state index in [1.807, 2.05) is 6.07 Å². The second kappa shape index (κ2) is 5.59. The molecule has 8 heteroatoms. The maximum atomic E-state index is 11.5. The summed E-state index contributed by atoms with van der Waals surface area (Å²) >= 11 is 6.09. The Labute approximate surface area is 123 Å². The summed E-state index contributed by atoms with van der Waals surface area (Å²) in [6.45, 7) is 2.15. The summed E-state index contributed by atoms with van der Waals surface area (Å²) in [4.78, 5) is 2.07. The predicted molar refractivity (Wildman–Crippen MR) is 81.1 cm³/mol. The molecular weight excluding hydrogens is 300 g/mol. The van der Waals surface area contributed by atoms with Crippen LogP contribution >= 0.6 is 11.6 Å². The summed E-state index contributed by atoms with van der Waals surface area (Å²) < 4.78 is 24.4. The van der Waals surface area contributed by atoms with E-state index in [0.29, 0.717) is 36.8 Å². The van der Waals surface area contributed by atoms with Crippen molar-refractivity contribution in [3.63, 3.8) is 0 Å². The van der Waals surface area contributed by atoms with E-state index in [9.17, 15) is 8.42 Å². The molecule has 0 aliphatic carbocycles. The van der Waals surface area contributed by atoms with Crippen molar-refractivity contribution in [2.45, 2.75) is 0 Å². The van der Waals surface area contributed by atoms with Crippen LogP contribution in [0.3, 0.4) is 0 Å². The molecule has 0 amide bonds. The molecule has 1 aromatic carbocycles. The average Bonchev–Trinajstić information content (AvgIpc) is 2.37. The highest BCUT2D eigenvalue weighted by molar-refractivity contribution is 7.88. The molecule has 1 saturated heterocycles. The van der Waals surface area contributed by atoms with Crippen LogP contribution in [0.1, 0.15) is 5.56 Å². The smallest absolute Gasteiger partial charge is 0.211 e. The van der Waals surface area contributed by atoms with E-state index in [1.165, 1.54) is 10.6 Å². The second-order valence-electron chi connectivity index (χ2n) is 4.73. The summed E-state index contributed by atoms with van der Waals surface area (Å²) in [7, 11) is -3.12. The molecule has 0 bridgehead atoms. The molecule has 1 heterocycles. The van der Waals surface area contributed by atoms with Gasteiger partial charge in [-0.25, -0.2) is 8.42 Å². The van der Waals surface area contributed by atoms with Gasteiger partial charge >= 0.3 is 0 Å². The van der Waals surface area contributed by atoms with Gasteiger partial charge in [0, 0.05) is 37.4 Å². The van der Waals surface area contributed by atoms with Crippen molar-refractivity contribution < 1.29 is 8.42 Å². The molecule has 1 fully saturated rings. The molecule has 0 saturated carbocycles. The number of rotatable bonds is 3. The van der Waals surface area contributed by atoms with Crippen molar-refractivity contribution in [3.05, 3.63) is 28.8 Å². The van der Waals surface area contributed by atoms with Gasteiger partial charge in [-0.1, -0.05) is 11.6 Å². The number of hydrogen-bond donors (Lipinski definition) is 2. The van der Waals surface area contributed by atoms with E-state index in [4.69, 9.17) is 22.7 Å². The SMILES string of the molecule is CS(=O)(=O)N1CCN(c2ccc(C(=N)N)c(Cl)c2)CC1. The third kappa shape index (κ3) is 3.23. The van der Waals surface area contributed by atoms with Crippen molar-refractivity contribution in [1.29, 1.82) is 5.41 Å². The Morgan fingerprint density at radius 3 is 2.35 bits per heavy atom. The number of amidine groups is 1. The van der Waals surface area contributed by atoms with E-state index in [2.05, 4.69) is 4.90 Å². The first-order valence-corrected chi connectivity index (χ1v) is 8.35. The number of nitrogens with two attached hydrogens (primary N) is 1. The molecule has 0 aromatic heterocycles. The summed E-state index contributed by atoms with van der Waals surface area (Å²) in [5.74, 6) is -0.0663. The quantitative estimate of drug-likeness (QED) is 0.634. The van der Waals surface area contributed by atoms with Crippen LogP contribution in [0.4, 0.5) is 5.69 Å². The van der Waals surface area contributed by atoms with E-state index >= 15 is 0 Å². The van der Waals surface area contributed by atoms with Crippen LogP contribution in [0.2, 0.25) is 5.02 Å². The lowest BCUT2D eigenvalue weighted by Gasteiger charge is -2.34. The Bertz CT molecular complexity index is 624. The van der Waals surface area contributed by atoms with Crippen molar-refractivity contribution in [3.8, 4) is 0 Å². The second-order valence-corrected chi connectivity index (χ2v) is 7.12. The molecule has 20 heavy (non-hydrogen) atoms. The number of benzene rings is 1. The number of anilines is 1. The normalized spacial score (nSPS) is 17.2. The first-order chi connectivity index (χ1) is 9.29. The van der Waals surface area contributed by atoms with Gasteiger partial charge in [-0.2, -0.15) is 4.31 Å². The fourth-order valence-corrected chi connectivity index (χ4v) is 3.30. The molecule has 110 valence electrons. The van der Waals surface area contributed by atoms with Crippen LogP contribution in [0.5, 0.6) is 0 Å². The minimum absolute atomic E-state index is 0.0663. The molecule has 3 N–H and O–H groups in total. The Hall–Kier alpha value is -1.31. The van der Waals surface area contributed by atoms with Gasteiger partial charge in [0.2, 0.25) is 10.0 Å². The van der Waals surface area contributed by atoms with Gasteiger partial charge in [0.1, 0.15) is 5.84 Å². The molecule has 6 nitrogen and oxygen atoms in total. The molecule has 1 aromatic rings. The van der Waals surface area contributed by atoms with Crippen LogP contribution in [-0.4, -0.2) is 51.0 Å². The highest BCUT2D eigenvalue weighted by Crippen LogP contribution is 2.24. The highest BCUT2D eigenvalue weighted by Gasteiger charge is 2.23. The lowest BCUT2D eigenvalue weighted by Crippen LogP contribution is -2.48.